The monoisotopic (exact) mass is 416 g/mol. The zero-order valence-electron chi connectivity index (χ0n) is 17.2. The van der Waals surface area contributed by atoms with Crippen molar-refractivity contribution < 1.29 is 18.6 Å². The van der Waals surface area contributed by atoms with Crippen LogP contribution < -0.4 is 0 Å². The molecule has 3 rings (SSSR count). The second-order valence-electron chi connectivity index (χ2n) is 4.34. The smallest absolute Gasteiger partial charge is 0.173 e. The van der Waals surface area contributed by atoms with Gasteiger partial charge in [0.2, 0.25) is 0 Å². The van der Waals surface area contributed by atoms with Crippen LogP contribution in [0.4, 0.5) is 0 Å². The standard InChI is InChI=1S/C17H11N2S.3C2H6.V/c1-2-6-13-9-11-14(12-10-13)16-18-17(20-19-16)15-7-4-3-5-8-15;3*1-2;/h3-5,7-12H,6H2;3*1-2H3;/q-1;;;;. The predicted molar refractivity (Wildman–Crippen MR) is 116 cm³/mol. The maximum absolute atomic E-state index is 6.98. The summed E-state index contributed by atoms with van der Waals surface area (Å²) in [5.41, 5.74) is 3.16. The van der Waals surface area contributed by atoms with Gasteiger partial charge in [0.15, 0.2) is 5.82 Å². The molecule has 3 aromatic rings. The molecule has 2 nitrogen and oxygen atoms in total. The van der Waals surface area contributed by atoms with Crippen LogP contribution in [0.5, 0.6) is 0 Å². The number of aromatic nitrogens is 2. The van der Waals surface area contributed by atoms with E-state index in [1.807, 2.05) is 96.1 Å². The van der Waals surface area contributed by atoms with Crippen LogP contribution in [0.1, 0.15) is 47.1 Å². The number of nitrogens with zero attached hydrogens (tertiary/aromatic N) is 2. The number of benzene rings is 2. The van der Waals surface area contributed by atoms with E-state index < -0.39 is 0 Å². The number of hydrogen-bond acceptors (Lipinski definition) is 3. The molecule has 0 amide bonds. The topological polar surface area (TPSA) is 25.8 Å². The van der Waals surface area contributed by atoms with Crippen molar-refractivity contribution in [2.45, 2.75) is 48.0 Å². The Kier molecular flexibility index (Phi) is 17.8. The van der Waals surface area contributed by atoms with E-state index in [9.17, 15) is 0 Å². The minimum atomic E-state index is 0. The predicted octanol–water partition coefficient (Wildman–Crippen LogP) is 7.08. The summed E-state index contributed by atoms with van der Waals surface area (Å²) in [6.07, 6.45) is 7.53. The quantitative estimate of drug-likeness (QED) is 0.337. The molecule has 1 aromatic heterocycles. The van der Waals surface area contributed by atoms with E-state index in [0.717, 1.165) is 27.5 Å². The molecule has 2 aromatic carbocycles. The molecule has 0 fully saturated rings. The van der Waals surface area contributed by atoms with Crippen LogP contribution in [0, 0.1) is 12.3 Å². The molecule has 0 aliphatic rings. The second-order valence-corrected chi connectivity index (χ2v) is 5.09. The van der Waals surface area contributed by atoms with E-state index in [0.29, 0.717) is 6.42 Å². The van der Waals surface area contributed by atoms with Crippen molar-refractivity contribution in [2.75, 3.05) is 0 Å². The molecule has 0 aliphatic heterocycles. The van der Waals surface area contributed by atoms with E-state index >= 15 is 0 Å². The molecule has 1 radical (unpaired) electrons. The van der Waals surface area contributed by atoms with Gasteiger partial charge in [-0.15, -0.1) is 0 Å². The van der Waals surface area contributed by atoms with Crippen molar-refractivity contribution in [3.8, 4) is 27.9 Å². The fraction of sp³-hybridized carbons (Fsp3) is 0.304. The first-order chi connectivity index (χ1) is 12.9. The van der Waals surface area contributed by atoms with E-state index in [-0.39, 0.29) is 18.6 Å². The third-order valence-corrected chi connectivity index (χ3v) is 3.72. The summed E-state index contributed by atoms with van der Waals surface area (Å²) in [4.78, 5) is 4.58. The van der Waals surface area contributed by atoms with Crippen LogP contribution in [0.3, 0.4) is 0 Å². The van der Waals surface area contributed by atoms with Crippen molar-refractivity contribution in [3.05, 3.63) is 66.6 Å². The summed E-state index contributed by atoms with van der Waals surface area (Å²) < 4.78 is 4.42. The van der Waals surface area contributed by atoms with E-state index in [1.165, 1.54) is 11.5 Å². The molecule has 0 atom stereocenters. The maximum atomic E-state index is 6.98. The molecule has 0 aliphatic carbocycles. The van der Waals surface area contributed by atoms with Gasteiger partial charge in [0.1, 0.15) is 5.01 Å². The first-order valence-corrected chi connectivity index (χ1v) is 10.0. The summed E-state index contributed by atoms with van der Waals surface area (Å²) in [6, 6.07) is 18.0. The first-order valence-electron chi connectivity index (χ1n) is 9.25. The Morgan fingerprint density at radius 1 is 0.815 bits per heavy atom. The Labute approximate surface area is 181 Å². The maximum Gasteiger partial charge on any atom is 0.173 e. The summed E-state index contributed by atoms with van der Waals surface area (Å²) >= 11 is 1.41. The normalized spacial score (nSPS) is 8.19. The van der Waals surface area contributed by atoms with Gasteiger partial charge < -0.3 is 12.3 Å². The van der Waals surface area contributed by atoms with E-state index in [1.54, 1.807) is 0 Å². The van der Waals surface area contributed by atoms with Crippen molar-refractivity contribution in [3.63, 3.8) is 0 Å². The molecular formula is C23H29N2SV-. The van der Waals surface area contributed by atoms with Gasteiger partial charge in [-0.2, -0.15) is 4.37 Å². The molecule has 27 heavy (non-hydrogen) atoms. The SMILES string of the molecule is CC.CC.CC.[C-]#CCc1ccc(-c2nsc(-c3ccccc3)n2)cc1.[V]. The molecule has 143 valence electrons. The Bertz CT molecular complexity index is 744. The minimum Gasteiger partial charge on any atom is -0.693 e. The zero-order chi connectivity index (χ0) is 19.8. The van der Waals surface area contributed by atoms with Crippen molar-refractivity contribution in [1.82, 2.24) is 9.36 Å². The molecule has 4 heteroatoms. The molecule has 0 saturated heterocycles. The Balaban J connectivity index is 0. The van der Waals surface area contributed by atoms with Crippen molar-refractivity contribution in [2.24, 2.45) is 0 Å². The van der Waals surface area contributed by atoms with Gasteiger partial charge in [-0.3, -0.25) is 0 Å². The van der Waals surface area contributed by atoms with Gasteiger partial charge in [-0.1, -0.05) is 96.1 Å². The average molecular weight is 417 g/mol. The van der Waals surface area contributed by atoms with Crippen LogP contribution in [0.15, 0.2) is 54.6 Å². The van der Waals surface area contributed by atoms with E-state index in [4.69, 9.17) is 6.42 Å². The second kappa shape index (κ2) is 17.6. The molecular weight excluding hydrogens is 387 g/mol. The Morgan fingerprint density at radius 2 is 1.37 bits per heavy atom. The van der Waals surface area contributed by atoms with Crippen LogP contribution >= 0.6 is 11.5 Å². The number of rotatable bonds is 3. The van der Waals surface area contributed by atoms with Crippen LogP contribution in [-0.4, -0.2) is 9.36 Å². The zero-order valence-corrected chi connectivity index (χ0v) is 19.4. The molecule has 0 N–H and O–H groups in total. The third-order valence-electron chi connectivity index (χ3n) is 2.95. The van der Waals surface area contributed by atoms with Crippen LogP contribution in [0.2, 0.25) is 0 Å². The van der Waals surface area contributed by atoms with Crippen LogP contribution in [0.25, 0.3) is 22.0 Å². The van der Waals surface area contributed by atoms with Gasteiger partial charge in [0.25, 0.3) is 0 Å². The molecule has 0 bridgehead atoms. The van der Waals surface area contributed by atoms with Gasteiger partial charge in [0, 0.05) is 29.7 Å². The number of hydrogen-bond donors (Lipinski definition) is 0. The average Bonchev–Trinajstić information content (AvgIpc) is 3.24. The van der Waals surface area contributed by atoms with Crippen molar-refractivity contribution >= 4 is 11.5 Å². The summed E-state index contributed by atoms with van der Waals surface area (Å²) in [5.74, 6) is 3.14. The first kappa shape index (κ1) is 27.4. The van der Waals surface area contributed by atoms with Crippen molar-refractivity contribution in [1.29, 1.82) is 0 Å². The van der Waals surface area contributed by atoms with Gasteiger partial charge in [-0.25, -0.2) is 4.98 Å². The third kappa shape index (κ3) is 9.06. The fourth-order valence-corrected chi connectivity index (χ4v) is 2.60. The fourth-order valence-electron chi connectivity index (χ4n) is 1.91. The molecule has 1 heterocycles. The summed E-state index contributed by atoms with van der Waals surface area (Å²) in [7, 11) is 0. The van der Waals surface area contributed by atoms with Gasteiger partial charge in [0.05, 0.1) is 0 Å². The summed E-state index contributed by atoms with van der Waals surface area (Å²) in [6.45, 7) is 12.0. The summed E-state index contributed by atoms with van der Waals surface area (Å²) in [5, 5.41) is 0.928. The van der Waals surface area contributed by atoms with Gasteiger partial charge >= 0.3 is 0 Å². The molecule has 0 saturated carbocycles. The molecule has 0 spiro atoms. The Morgan fingerprint density at radius 3 is 1.89 bits per heavy atom. The molecule has 0 unspecified atom stereocenters. The van der Waals surface area contributed by atoms with Gasteiger partial charge in [-0.05, 0) is 23.5 Å². The minimum absolute atomic E-state index is 0. The van der Waals surface area contributed by atoms with Crippen LogP contribution in [-0.2, 0) is 25.0 Å². The largest absolute Gasteiger partial charge is 0.693 e. The Hall–Kier alpha value is -1.86. The van der Waals surface area contributed by atoms with E-state index in [2.05, 4.69) is 15.3 Å².